The van der Waals surface area contributed by atoms with Crippen molar-refractivity contribution < 1.29 is 9.47 Å². The number of hydrogen-bond donors (Lipinski definition) is 1. The molecule has 1 atom stereocenters. The summed E-state index contributed by atoms with van der Waals surface area (Å²) in [6, 6.07) is 8.16. The molecule has 2 rings (SSSR count). The van der Waals surface area contributed by atoms with Crippen molar-refractivity contribution in [1.29, 1.82) is 0 Å². The quantitative estimate of drug-likeness (QED) is 0.824. The van der Waals surface area contributed by atoms with Gasteiger partial charge in [-0.25, -0.2) is 0 Å². The smallest absolute Gasteiger partial charge is 0.176 e. The van der Waals surface area contributed by atoms with Crippen LogP contribution < -0.4 is 5.32 Å². The predicted octanol–water partition coefficient (Wildman–Crippen LogP) is 2.65. The maximum atomic E-state index is 5.25. The molecule has 18 heavy (non-hydrogen) atoms. The second-order valence-corrected chi connectivity index (χ2v) is 4.18. The number of benzene rings is 1. The largest absolute Gasteiger partial charge is 0.377 e. The van der Waals surface area contributed by atoms with E-state index in [0.717, 1.165) is 16.5 Å². The Labute approximate surface area is 107 Å². The first-order valence-electron chi connectivity index (χ1n) is 5.91. The van der Waals surface area contributed by atoms with Gasteiger partial charge in [0.1, 0.15) is 0 Å². The number of anilines is 1. The van der Waals surface area contributed by atoms with Gasteiger partial charge in [0.05, 0.1) is 6.04 Å². The summed E-state index contributed by atoms with van der Waals surface area (Å²) in [5.41, 5.74) is 1.03. The number of aromatic nitrogens is 1. The molecule has 4 nitrogen and oxygen atoms in total. The summed E-state index contributed by atoms with van der Waals surface area (Å²) in [5.74, 6) is 0. The molecule has 1 N–H and O–H groups in total. The van der Waals surface area contributed by atoms with E-state index in [-0.39, 0.29) is 12.3 Å². The number of hydrogen-bond acceptors (Lipinski definition) is 4. The van der Waals surface area contributed by atoms with E-state index < -0.39 is 0 Å². The minimum atomic E-state index is -0.281. The first kappa shape index (κ1) is 12.8. The highest BCUT2D eigenvalue weighted by Gasteiger charge is 2.16. The van der Waals surface area contributed by atoms with Gasteiger partial charge in [0, 0.05) is 37.7 Å². The van der Waals surface area contributed by atoms with E-state index in [4.69, 9.17) is 9.47 Å². The molecule has 1 aromatic heterocycles. The first-order chi connectivity index (χ1) is 8.76. The monoisotopic (exact) mass is 246 g/mol. The lowest BCUT2D eigenvalue weighted by Gasteiger charge is -2.23. The molecule has 0 bridgehead atoms. The molecule has 0 saturated carbocycles. The van der Waals surface area contributed by atoms with Crippen molar-refractivity contribution in [3.63, 3.8) is 0 Å². The highest BCUT2D eigenvalue weighted by atomic mass is 16.7. The highest BCUT2D eigenvalue weighted by molar-refractivity contribution is 5.93. The molecule has 0 fully saturated rings. The lowest BCUT2D eigenvalue weighted by Crippen LogP contribution is -2.33. The zero-order chi connectivity index (χ0) is 13.0. The lowest BCUT2D eigenvalue weighted by atomic mass is 10.1. The van der Waals surface area contributed by atoms with Gasteiger partial charge in [-0.2, -0.15) is 0 Å². The topological polar surface area (TPSA) is 43.4 Å². The van der Waals surface area contributed by atoms with Gasteiger partial charge in [0.25, 0.3) is 0 Å². The third-order valence-corrected chi connectivity index (χ3v) is 2.94. The second-order valence-electron chi connectivity index (χ2n) is 4.18. The standard InChI is InChI=1S/C14H18N2O2/c1-10(14(17-2)18-3)16-13-6-4-5-11-7-8-15-9-12(11)13/h4-10,14,16H,1-3H3. The number of rotatable bonds is 5. The fraction of sp³-hybridized carbons (Fsp3) is 0.357. The van der Waals surface area contributed by atoms with Gasteiger partial charge in [0.15, 0.2) is 6.29 Å². The maximum Gasteiger partial charge on any atom is 0.176 e. The van der Waals surface area contributed by atoms with Crippen LogP contribution in [0.1, 0.15) is 6.92 Å². The molecular weight excluding hydrogens is 228 g/mol. The minimum absolute atomic E-state index is 0.0470. The Hall–Kier alpha value is -1.65. The van der Waals surface area contributed by atoms with Crippen LogP contribution in [0.25, 0.3) is 10.8 Å². The zero-order valence-electron chi connectivity index (χ0n) is 10.9. The van der Waals surface area contributed by atoms with Crippen LogP contribution in [0.15, 0.2) is 36.7 Å². The van der Waals surface area contributed by atoms with Crippen molar-refractivity contribution in [3.8, 4) is 0 Å². The first-order valence-corrected chi connectivity index (χ1v) is 5.91. The van der Waals surface area contributed by atoms with E-state index in [1.165, 1.54) is 0 Å². The Morgan fingerprint density at radius 1 is 1.17 bits per heavy atom. The SMILES string of the molecule is COC(OC)C(C)Nc1cccc2ccncc12. The Balaban J connectivity index is 2.26. The van der Waals surface area contributed by atoms with Gasteiger partial charge in [0.2, 0.25) is 0 Å². The lowest BCUT2D eigenvalue weighted by molar-refractivity contribution is -0.109. The van der Waals surface area contributed by atoms with E-state index in [9.17, 15) is 0 Å². The number of pyridine rings is 1. The molecule has 1 aromatic carbocycles. The summed E-state index contributed by atoms with van der Waals surface area (Å²) in [6.45, 7) is 2.02. The third kappa shape index (κ3) is 2.60. The second kappa shape index (κ2) is 5.80. The van der Waals surface area contributed by atoms with Crippen LogP contribution in [0.2, 0.25) is 0 Å². The number of ether oxygens (including phenoxy) is 2. The molecule has 0 spiro atoms. The van der Waals surface area contributed by atoms with Crippen LogP contribution in [0.5, 0.6) is 0 Å². The number of nitrogens with zero attached hydrogens (tertiary/aromatic N) is 1. The molecule has 1 unspecified atom stereocenters. The molecule has 0 aliphatic carbocycles. The summed E-state index contributed by atoms with van der Waals surface area (Å²) in [7, 11) is 3.27. The molecule has 0 aliphatic heterocycles. The van der Waals surface area contributed by atoms with Crippen LogP contribution in [0, 0.1) is 0 Å². The molecule has 1 heterocycles. The Morgan fingerprint density at radius 3 is 2.67 bits per heavy atom. The normalized spacial score (nSPS) is 12.9. The van der Waals surface area contributed by atoms with E-state index in [1.807, 2.05) is 31.3 Å². The van der Waals surface area contributed by atoms with E-state index in [2.05, 4.69) is 16.4 Å². The van der Waals surface area contributed by atoms with Crippen LogP contribution in [-0.4, -0.2) is 31.5 Å². The molecular formula is C14H18N2O2. The fourth-order valence-electron chi connectivity index (χ4n) is 2.06. The summed E-state index contributed by atoms with van der Waals surface area (Å²) in [4.78, 5) is 4.16. The third-order valence-electron chi connectivity index (χ3n) is 2.94. The van der Waals surface area contributed by atoms with Crippen LogP contribution >= 0.6 is 0 Å². The van der Waals surface area contributed by atoms with Gasteiger partial charge >= 0.3 is 0 Å². The molecule has 0 radical (unpaired) electrons. The Kier molecular flexibility index (Phi) is 4.12. The Bertz CT molecular complexity index is 507. The maximum absolute atomic E-state index is 5.25. The minimum Gasteiger partial charge on any atom is -0.377 e. The van der Waals surface area contributed by atoms with E-state index in [0.29, 0.717) is 0 Å². The molecule has 0 aliphatic rings. The van der Waals surface area contributed by atoms with Gasteiger partial charge in [-0.3, -0.25) is 4.98 Å². The van der Waals surface area contributed by atoms with Crippen molar-refractivity contribution in [2.24, 2.45) is 0 Å². The van der Waals surface area contributed by atoms with E-state index in [1.54, 1.807) is 20.4 Å². The average Bonchev–Trinajstić information content (AvgIpc) is 2.40. The average molecular weight is 246 g/mol. The number of nitrogens with one attached hydrogen (secondary N) is 1. The molecule has 4 heteroatoms. The highest BCUT2D eigenvalue weighted by Crippen LogP contribution is 2.23. The van der Waals surface area contributed by atoms with Crippen molar-refractivity contribution in [3.05, 3.63) is 36.7 Å². The van der Waals surface area contributed by atoms with Crippen molar-refractivity contribution in [2.75, 3.05) is 19.5 Å². The summed E-state index contributed by atoms with van der Waals surface area (Å²) in [5, 5.41) is 5.65. The van der Waals surface area contributed by atoms with Gasteiger partial charge < -0.3 is 14.8 Å². The van der Waals surface area contributed by atoms with Crippen LogP contribution in [0.3, 0.4) is 0 Å². The Morgan fingerprint density at radius 2 is 1.94 bits per heavy atom. The molecule has 96 valence electrons. The molecule has 2 aromatic rings. The predicted molar refractivity (Wildman–Crippen MR) is 72.6 cm³/mol. The van der Waals surface area contributed by atoms with Crippen molar-refractivity contribution >= 4 is 16.5 Å². The van der Waals surface area contributed by atoms with E-state index >= 15 is 0 Å². The van der Waals surface area contributed by atoms with Gasteiger partial charge in [-0.05, 0) is 24.4 Å². The van der Waals surface area contributed by atoms with Crippen molar-refractivity contribution in [2.45, 2.75) is 19.3 Å². The fourth-order valence-corrected chi connectivity index (χ4v) is 2.06. The van der Waals surface area contributed by atoms with Gasteiger partial charge in [-0.1, -0.05) is 12.1 Å². The van der Waals surface area contributed by atoms with Crippen LogP contribution in [-0.2, 0) is 9.47 Å². The van der Waals surface area contributed by atoms with Crippen LogP contribution in [0.4, 0.5) is 5.69 Å². The number of methoxy groups -OCH3 is 2. The summed E-state index contributed by atoms with van der Waals surface area (Å²) >= 11 is 0. The van der Waals surface area contributed by atoms with Gasteiger partial charge in [-0.15, -0.1) is 0 Å². The summed E-state index contributed by atoms with van der Waals surface area (Å²) < 4.78 is 10.5. The van der Waals surface area contributed by atoms with Crippen molar-refractivity contribution in [1.82, 2.24) is 4.98 Å². The molecule has 0 amide bonds. The number of fused-ring (bicyclic) bond motifs is 1. The molecule has 0 saturated heterocycles. The summed E-state index contributed by atoms with van der Waals surface area (Å²) in [6.07, 6.45) is 3.37. The zero-order valence-corrected chi connectivity index (χ0v) is 10.9.